The molecule has 1 aromatic rings. The van der Waals surface area contributed by atoms with E-state index < -0.39 is 0 Å². The molecule has 1 aliphatic heterocycles. The second kappa shape index (κ2) is 7.38. The van der Waals surface area contributed by atoms with Crippen LogP contribution in [0.5, 0.6) is 0 Å². The number of hydrogen-bond donors (Lipinski definition) is 0. The van der Waals surface area contributed by atoms with Crippen molar-refractivity contribution in [2.75, 3.05) is 26.8 Å². The van der Waals surface area contributed by atoms with Crippen molar-refractivity contribution in [3.8, 4) is 0 Å². The predicted octanol–water partition coefficient (Wildman–Crippen LogP) is 1.51. The van der Waals surface area contributed by atoms with Crippen LogP contribution in [0.15, 0.2) is 4.47 Å². The minimum Gasteiger partial charge on any atom is -0.469 e. The van der Waals surface area contributed by atoms with E-state index in [9.17, 15) is 4.79 Å². The Hall–Kier alpha value is -0.920. The maximum atomic E-state index is 11.4. The first-order valence-corrected chi connectivity index (χ1v) is 7.95. The second-order valence-electron chi connectivity index (χ2n) is 5.19. The quantitative estimate of drug-likeness (QED) is 0.745. The number of aromatic nitrogens is 2. The van der Waals surface area contributed by atoms with E-state index in [-0.39, 0.29) is 12.1 Å². The van der Waals surface area contributed by atoms with Crippen molar-refractivity contribution in [1.29, 1.82) is 0 Å². The second-order valence-corrected chi connectivity index (χ2v) is 5.99. The van der Waals surface area contributed by atoms with E-state index in [1.807, 2.05) is 11.7 Å². The van der Waals surface area contributed by atoms with Gasteiger partial charge in [0, 0.05) is 26.7 Å². The highest BCUT2D eigenvalue weighted by Gasteiger charge is 2.25. The van der Waals surface area contributed by atoms with Crippen LogP contribution in [0.3, 0.4) is 0 Å². The number of ether oxygens (including phenoxy) is 2. The zero-order valence-electron chi connectivity index (χ0n) is 12.8. The lowest BCUT2D eigenvalue weighted by molar-refractivity contribution is -0.145. The van der Waals surface area contributed by atoms with Crippen molar-refractivity contribution in [3.63, 3.8) is 0 Å². The van der Waals surface area contributed by atoms with Gasteiger partial charge in [-0.25, -0.2) is 0 Å². The molecule has 1 aromatic heterocycles. The van der Waals surface area contributed by atoms with E-state index in [0.717, 1.165) is 41.9 Å². The zero-order valence-corrected chi connectivity index (χ0v) is 14.4. The Morgan fingerprint density at radius 3 is 2.95 bits per heavy atom. The highest BCUT2D eigenvalue weighted by molar-refractivity contribution is 9.10. The summed E-state index contributed by atoms with van der Waals surface area (Å²) in [5.41, 5.74) is 2.23. The Morgan fingerprint density at radius 2 is 2.33 bits per heavy atom. The summed E-state index contributed by atoms with van der Waals surface area (Å²) in [4.78, 5) is 13.6. The first-order chi connectivity index (χ1) is 10.0. The van der Waals surface area contributed by atoms with Crippen molar-refractivity contribution in [1.82, 2.24) is 14.7 Å². The summed E-state index contributed by atoms with van der Waals surface area (Å²) in [6.07, 6.45) is 1.12. The summed E-state index contributed by atoms with van der Waals surface area (Å²) < 4.78 is 13.3. The molecule has 0 saturated carbocycles. The molecule has 1 atom stereocenters. The van der Waals surface area contributed by atoms with E-state index in [1.54, 1.807) is 0 Å². The molecule has 0 aromatic carbocycles. The summed E-state index contributed by atoms with van der Waals surface area (Å²) in [6.45, 7) is 5.12. The third-order valence-electron chi connectivity index (χ3n) is 3.72. The Morgan fingerprint density at radius 1 is 1.57 bits per heavy atom. The van der Waals surface area contributed by atoms with Gasteiger partial charge in [0.05, 0.1) is 42.1 Å². The molecule has 0 bridgehead atoms. The minimum absolute atomic E-state index is 0.0937. The van der Waals surface area contributed by atoms with Gasteiger partial charge in [-0.05, 0) is 22.4 Å². The molecule has 1 aliphatic rings. The molecule has 0 amide bonds. The van der Waals surface area contributed by atoms with E-state index in [1.165, 1.54) is 7.11 Å². The molecule has 2 heterocycles. The maximum absolute atomic E-state index is 11.4. The fourth-order valence-electron chi connectivity index (χ4n) is 2.52. The van der Waals surface area contributed by atoms with E-state index in [0.29, 0.717) is 13.0 Å². The topological polar surface area (TPSA) is 56.6 Å². The van der Waals surface area contributed by atoms with Gasteiger partial charge in [0.2, 0.25) is 0 Å². The van der Waals surface area contributed by atoms with Gasteiger partial charge in [-0.15, -0.1) is 0 Å². The number of esters is 1. The van der Waals surface area contributed by atoms with Gasteiger partial charge in [-0.3, -0.25) is 14.4 Å². The zero-order chi connectivity index (χ0) is 15.4. The fraction of sp³-hybridized carbons (Fsp3) is 0.714. The van der Waals surface area contributed by atoms with Gasteiger partial charge in [-0.1, -0.05) is 6.92 Å². The van der Waals surface area contributed by atoms with Crippen molar-refractivity contribution >= 4 is 21.9 Å². The number of carbonyl (C=O) groups excluding carboxylic acids is 1. The van der Waals surface area contributed by atoms with Gasteiger partial charge in [-0.2, -0.15) is 5.10 Å². The molecule has 2 rings (SSSR count). The van der Waals surface area contributed by atoms with Crippen LogP contribution in [0, 0.1) is 0 Å². The monoisotopic (exact) mass is 359 g/mol. The number of halogens is 1. The lowest BCUT2D eigenvalue weighted by atomic mass is 10.2. The highest BCUT2D eigenvalue weighted by Crippen LogP contribution is 2.24. The molecule has 118 valence electrons. The summed E-state index contributed by atoms with van der Waals surface area (Å²) in [5.74, 6) is -0.225. The fourth-order valence-corrected chi connectivity index (χ4v) is 3.26. The summed E-state index contributed by atoms with van der Waals surface area (Å²) in [5, 5.41) is 4.51. The molecule has 0 radical (unpaired) electrons. The summed E-state index contributed by atoms with van der Waals surface area (Å²) in [6, 6.07) is 0. The van der Waals surface area contributed by atoms with Crippen LogP contribution in [0.4, 0.5) is 0 Å². The molecule has 1 unspecified atom stereocenters. The van der Waals surface area contributed by atoms with Crippen LogP contribution in [-0.2, 0) is 34.3 Å². The molecule has 1 saturated heterocycles. The standard InChI is InChI=1S/C14H22BrN3O3/c1-4-11-14(15)12(17(2)16-11)9-18-5-6-21-10(8-18)7-13(19)20-3/h10H,4-9H2,1-3H3. The van der Waals surface area contributed by atoms with Crippen LogP contribution in [0.2, 0.25) is 0 Å². The summed E-state index contributed by atoms with van der Waals surface area (Å²) in [7, 11) is 3.37. The molecule has 6 nitrogen and oxygen atoms in total. The average molecular weight is 360 g/mol. The molecule has 7 heteroatoms. The van der Waals surface area contributed by atoms with Gasteiger partial charge in [0.25, 0.3) is 0 Å². The molecule has 0 N–H and O–H groups in total. The smallest absolute Gasteiger partial charge is 0.308 e. The number of aryl methyl sites for hydroxylation is 2. The van der Waals surface area contributed by atoms with Crippen LogP contribution < -0.4 is 0 Å². The van der Waals surface area contributed by atoms with Crippen LogP contribution >= 0.6 is 15.9 Å². The summed E-state index contributed by atoms with van der Waals surface area (Å²) >= 11 is 3.64. The number of morpholine rings is 1. The molecular weight excluding hydrogens is 338 g/mol. The first-order valence-electron chi connectivity index (χ1n) is 7.16. The molecule has 0 spiro atoms. The third-order valence-corrected chi connectivity index (χ3v) is 4.64. The van der Waals surface area contributed by atoms with Crippen molar-refractivity contribution in [2.24, 2.45) is 7.05 Å². The largest absolute Gasteiger partial charge is 0.469 e. The Labute approximate surface area is 133 Å². The maximum Gasteiger partial charge on any atom is 0.308 e. The normalized spacial score (nSPS) is 19.7. The molecular formula is C14H22BrN3O3. The molecule has 1 fully saturated rings. The van der Waals surface area contributed by atoms with Crippen molar-refractivity contribution < 1.29 is 14.3 Å². The van der Waals surface area contributed by atoms with Crippen LogP contribution in [-0.4, -0.2) is 53.6 Å². The van der Waals surface area contributed by atoms with E-state index >= 15 is 0 Å². The molecule has 0 aliphatic carbocycles. The van der Waals surface area contributed by atoms with Crippen LogP contribution in [0.25, 0.3) is 0 Å². The van der Waals surface area contributed by atoms with Crippen molar-refractivity contribution in [3.05, 3.63) is 15.9 Å². The third kappa shape index (κ3) is 4.05. The highest BCUT2D eigenvalue weighted by atomic mass is 79.9. The van der Waals surface area contributed by atoms with E-state index in [2.05, 4.69) is 32.9 Å². The Bertz CT molecular complexity index is 504. The lowest BCUT2D eigenvalue weighted by Gasteiger charge is -2.32. The number of carbonyl (C=O) groups is 1. The van der Waals surface area contributed by atoms with Crippen LogP contribution in [0.1, 0.15) is 24.7 Å². The van der Waals surface area contributed by atoms with Gasteiger partial charge in [0.15, 0.2) is 0 Å². The van der Waals surface area contributed by atoms with Gasteiger partial charge >= 0.3 is 5.97 Å². The Kier molecular flexibility index (Phi) is 5.78. The van der Waals surface area contributed by atoms with Gasteiger partial charge < -0.3 is 9.47 Å². The van der Waals surface area contributed by atoms with Gasteiger partial charge in [0.1, 0.15) is 0 Å². The average Bonchev–Trinajstić information content (AvgIpc) is 2.75. The Balaban J connectivity index is 1.99. The number of methoxy groups -OCH3 is 1. The SMILES string of the molecule is CCc1nn(C)c(CN2CCOC(CC(=O)OC)C2)c1Br. The lowest BCUT2D eigenvalue weighted by Crippen LogP contribution is -2.43. The minimum atomic E-state index is -0.225. The van der Waals surface area contributed by atoms with E-state index in [4.69, 9.17) is 9.47 Å². The number of rotatable bonds is 5. The number of nitrogens with zero attached hydrogens (tertiary/aromatic N) is 3. The first kappa shape index (κ1) is 16.5. The molecule has 21 heavy (non-hydrogen) atoms. The predicted molar refractivity (Wildman–Crippen MR) is 81.9 cm³/mol. The number of hydrogen-bond acceptors (Lipinski definition) is 5. The van der Waals surface area contributed by atoms with Crippen molar-refractivity contribution in [2.45, 2.75) is 32.4 Å².